The van der Waals surface area contributed by atoms with Crippen molar-refractivity contribution < 1.29 is 13.9 Å². The zero-order chi connectivity index (χ0) is 13.7. The zero-order valence-corrected chi connectivity index (χ0v) is 10.4. The zero-order valence-electron chi connectivity index (χ0n) is 10.4. The predicted molar refractivity (Wildman–Crippen MR) is 70.9 cm³/mol. The lowest BCUT2D eigenvalue weighted by Gasteiger charge is -2.16. The van der Waals surface area contributed by atoms with Crippen molar-refractivity contribution in [1.82, 2.24) is 4.98 Å². The van der Waals surface area contributed by atoms with Crippen molar-refractivity contribution in [2.75, 3.05) is 0 Å². The number of carbonyl (C=O) groups excluding carboxylic acids is 1. The van der Waals surface area contributed by atoms with Crippen molar-refractivity contribution in [2.45, 2.75) is 12.8 Å². The molecule has 2 heterocycles. The first-order valence-corrected chi connectivity index (χ1v) is 6.27. The molecule has 0 amide bonds. The van der Waals surface area contributed by atoms with Gasteiger partial charge in [-0.3, -0.25) is 9.59 Å². The van der Waals surface area contributed by atoms with Crippen LogP contribution in [0.25, 0.3) is 22.6 Å². The summed E-state index contributed by atoms with van der Waals surface area (Å²) in [5.41, 5.74) is 2.63. The van der Waals surface area contributed by atoms with Crippen molar-refractivity contribution >= 4 is 17.1 Å². The molecule has 0 fully saturated rings. The Hall–Kier alpha value is -2.69. The third-order valence-corrected chi connectivity index (χ3v) is 3.36. The molecule has 0 aromatic heterocycles. The van der Waals surface area contributed by atoms with Gasteiger partial charge in [0.15, 0.2) is 16.8 Å². The van der Waals surface area contributed by atoms with E-state index in [1.165, 1.54) is 12.1 Å². The van der Waals surface area contributed by atoms with E-state index in [1.54, 1.807) is 12.1 Å². The molecule has 5 heteroatoms. The quantitative estimate of drug-likeness (QED) is 0.354. The Morgan fingerprint density at radius 1 is 1.05 bits per heavy atom. The molecule has 0 atom stereocenters. The maximum absolute atomic E-state index is 11.3. The molecule has 3 aliphatic rings. The van der Waals surface area contributed by atoms with Crippen LogP contribution in [0.5, 0.6) is 5.75 Å². The number of fused-ring (bicyclic) bond motifs is 3. The van der Waals surface area contributed by atoms with Crippen molar-refractivity contribution in [2.24, 2.45) is 0 Å². The smallest absolute Gasteiger partial charge is 0.311 e. The minimum Gasteiger partial charge on any atom is -0.453 e. The van der Waals surface area contributed by atoms with E-state index in [4.69, 9.17) is 9.15 Å². The highest BCUT2D eigenvalue weighted by Gasteiger charge is 2.19. The second kappa shape index (κ2) is 3.90. The van der Waals surface area contributed by atoms with Gasteiger partial charge in [0.25, 0.3) is 0 Å². The third kappa shape index (κ3) is 1.67. The van der Waals surface area contributed by atoms with E-state index < -0.39 is 0 Å². The largest absolute Gasteiger partial charge is 0.453 e. The molecular formula is C15H9NO4. The molecular weight excluding hydrogens is 258 g/mol. The van der Waals surface area contributed by atoms with Gasteiger partial charge < -0.3 is 9.15 Å². The second-order valence-corrected chi connectivity index (χ2v) is 4.75. The Kier molecular flexibility index (Phi) is 2.18. The van der Waals surface area contributed by atoms with Crippen LogP contribution >= 0.6 is 0 Å². The lowest BCUT2D eigenvalue weighted by Crippen LogP contribution is -2.15. The monoisotopic (exact) mass is 267 g/mol. The van der Waals surface area contributed by atoms with Crippen LogP contribution in [-0.4, -0.2) is 11.0 Å². The van der Waals surface area contributed by atoms with Gasteiger partial charge >= 0.3 is 5.97 Å². The Bertz CT molecular complexity index is 881. The minimum atomic E-state index is -0.243. The lowest BCUT2D eigenvalue weighted by molar-refractivity contribution is -0.135. The summed E-state index contributed by atoms with van der Waals surface area (Å²) in [6.07, 6.45) is 1.02. The van der Waals surface area contributed by atoms with Gasteiger partial charge in [0, 0.05) is 12.1 Å². The molecule has 20 heavy (non-hydrogen) atoms. The Balaban J connectivity index is 2.02. The van der Waals surface area contributed by atoms with Crippen LogP contribution in [-0.2, 0) is 11.2 Å². The van der Waals surface area contributed by atoms with Crippen LogP contribution in [0.1, 0.15) is 12.0 Å². The summed E-state index contributed by atoms with van der Waals surface area (Å²) < 4.78 is 10.9. The average molecular weight is 267 g/mol. The Morgan fingerprint density at radius 2 is 1.95 bits per heavy atom. The first kappa shape index (κ1) is 11.2. The van der Waals surface area contributed by atoms with E-state index in [0.717, 1.165) is 5.56 Å². The van der Waals surface area contributed by atoms with E-state index in [0.29, 0.717) is 41.1 Å². The molecule has 98 valence electrons. The molecule has 0 spiro atoms. The van der Waals surface area contributed by atoms with Crippen LogP contribution < -0.4 is 10.2 Å². The van der Waals surface area contributed by atoms with E-state index >= 15 is 0 Å². The highest BCUT2D eigenvalue weighted by atomic mass is 16.5. The van der Waals surface area contributed by atoms with E-state index in [1.807, 2.05) is 6.07 Å². The fraction of sp³-hybridized carbons (Fsp3) is 0.133. The van der Waals surface area contributed by atoms with Gasteiger partial charge in [0.1, 0.15) is 17.0 Å². The third-order valence-electron chi connectivity index (χ3n) is 3.36. The molecule has 5 nitrogen and oxygen atoms in total. The van der Waals surface area contributed by atoms with Crippen LogP contribution in [0.2, 0.25) is 0 Å². The molecule has 1 aromatic rings. The highest BCUT2D eigenvalue weighted by molar-refractivity contribution is 5.82. The maximum Gasteiger partial charge on any atom is 0.311 e. The van der Waals surface area contributed by atoms with Gasteiger partial charge in [0.2, 0.25) is 0 Å². The van der Waals surface area contributed by atoms with Gasteiger partial charge in [-0.15, -0.1) is 0 Å². The van der Waals surface area contributed by atoms with Gasteiger partial charge in [0.05, 0.1) is 6.42 Å². The maximum atomic E-state index is 11.3. The summed E-state index contributed by atoms with van der Waals surface area (Å²) in [6.45, 7) is 0. The molecule has 2 aliphatic heterocycles. The number of carbonyl (C=O) groups is 1. The Morgan fingerprint density at radius 3 is 2.85 bits per heavy atom. The number of nitrogens with zero attached hydrogens (tertiary/aromatic N) is 1. The van der Waals surface area contributed by atoms with E-state index in [-0.39, 0.29) is 11.4 Å². The fourth-order valence-electron chi connectivity index (χ4n) is 2.38. The molecule has 0 radical (unpaired) electrons. The SMILES string of the molecule is O=C1CCc2cc3nc4ccc(=O)cc-4oc3cc2O1. The Labute approximate surface area is 113 Å². The van der Waals surface area contributed by atoms with Crippen LogP contribution in [0.4, 0.5) is 0 Å². The van der Waals surface area contributed by atoms with Crippen LogP contribution in [0.15, 0.2) is 39.5 Å². The predicted octanol–water partition coefficient (Wildman–Crippen LogP) is 2.14. The number of hydrogen-bond donors (Lipinski definition) is 0. The number of benzene rings is 2. The normalized spacial score (nSPS) is 14.3. The van der Waals surface area contributed by atoms with Gasteiger partial charge in [-0.2, -0.15) is 0 Å². The van der Waals surface area contributed by atoms with E-state index in [9.17, 15) is 9.59 Å². The minimum absolute atomic E-state index is 0.133. The summed E-state index contributed by atoms with van der Waals surface area (Å²) in [6, 6.07) is 8.01. The summed E-state index contributed by atoms with van der Waals surface area (Å²) in [7, 11) is 0. The summed E-state index contributed by atoms with van der Waals surface area (Å²) in [5.74, 6) is 0.691. The summed E-state index contributed by atoms with van der Waals surface area (Å²) >= 11 is 0. The van der Waals surface area contributed by atoms with Crippen molar-refractivity contribution in [3.8, 4) is 17.2 Å². The number of esters is 1. The number of aryl methyl sites for hydroxylation is 1. The lowest BCUT2D eigenvalue weighted by atomic mass is 10.1. The fourth-order valence-corrected chi connectivity index (χ4v) is 2.38. The molecule has 4 rings (SSSR count). The number of rotatable bonds is 0. The number of ether oxygens (including phenoxy) is 1. The second-order valence-electron chi connectivity index (χ2n) is 4.75. The van der Waals surface area contributed by atoms with E-state index in [2.05, 4.69) is 4.98 Å². The molecule has 1 aliphatic carbocycles. The first-order valence-electron chi connectivity index (χ1n) is 6.27. The molecule has 0 saturated carbocycles. The van der Waals surface area contributed by atoms with Gasteiger partial charge in [-0.1, -0.05) is 0 Å². The molecule has 0 unspecified atom stereocenters. The van der Waals surface area contributed by atoms with Crippen molar-refractivity contribution in [3.63, 3.8) is 0 Å². The van der Waals surface area contributed by atoms with Crippen LogP contribution in [0.3, 0.4) is 0 Å². The molecule has 0 N–H and O–H groups in total. The average Bonchev–Trinajstić information content (AvgIpc) is 2.43. The highest BCUT2D eigenvalue weighted by Crippen LogP contribution is 2.32. The molecule has 0 bridgehead atoms. The number of hydrogen-bond acceptors (Lipinski definition) is 5. The van der Waals surface area contributed by atoms with Crippen molar-refractivity contribution in [1.29, 1.82) is 0 Å². The standard InChI is InChI=1S/C15H9NO4/c17-9-2-3-10-13(6-9)19-14-7-12-8(5-11(14)16-10)1-4-15(18)20-12/h2-3,5-7H,1,4H2. The molecule has 1 aromatic carbocycles. The molecule has 0 saturated heterocycles. The number of aromatic nitrogens is 1. The van der Waals surface area contributed by atoms with Crippen molar-refractivity contribution in [3.05, 3.63) is 46.1 Å². The van der Waals surface area contributed by atoms with Gasteiger partial charge in [-0.25, -0.2) is 4.98 Å². The van der Waals surface area contributed by atoms with Gasteiger partial charge in [-0.05, 0) is 30.2 Å². The summed E-state index contributed by atoms with van der Waals surface area (Å²) in [5, 5.41) is 0. The van der Waals surface area contributed by atoms with Crippen LogP contribution in [0, 0.1) is 0 Å². The summed E-state index contributed by atoms with van der Waals surface area (Å²) in [4.78, 5) is 27.1. The first-order chi connectivity index (χ1) is 9.69. The topological polar surface area (TPSA) is 69.4 Å².